The van der Waals surface area contributed by atoms with E-state index in [0.717, 1.165) is 11.1 Å². The van der Waals surface area contributed by atoms with Crippen molar-refractivity contribution in [3.05, 3.63) is 59.8 Å². The number of carbonyl (C=O) groups is 1. The van der Waals surface area contributed by atoms with Crippen molar-refractivity contribution >= 4 is 11.9 Å². The van der Waals surface area contributed by atoms with Crippen molar-refractivity contribution in [3.63, 3.8) is 0 Å². The summed E-state index contributed by atoms with van der Waals surface area (Å²) in [6, 6.07) is 12.8. The maximum Gasteiger partial charge on any atom is 0.410 e. The van der Waals surface area contributed by atoms with Crippen molar-refractivity contribution in [1.82, 2.24) is 9.88 Å². The molecule has 2 aromatic rings. The predicted molar refractivity (Wildman–Crippen MR) is 111 cm³/mol. The number of amides is 1. The minimum absolute atomic E-state index is 0.140. The van der Waals surface area contributed by atoms with Gasteiger partial charge in [0.25, 0.3) is 0 Å². The molecule has 1 aromatic heterocycles. The molecule has 2 rings (SSSR count). The first kappa shape index (κ1) is 21.7. The molecule has 0 saturated carbocycles. The van der Waals surface area contributed by atoms with Crippen molar-refractivity contribution < 1.29 is 14.6 Å². The third kappa shape index (κ3) is 6.53. The lowest BCUT2D eigenvalue weighted by molar-refractivity contribution is 0.00304. The number of rotatable bonds is 7. The minimum Gasteiger partial charge on any atom is -0.444 e. The second kappa shape index (κ2) is 9.55. The monoisotopic (exact) mass is 385 g/mol. The van der Waals surface area contributed by atoms with E-state index in [0.29, 0.717) is 18.7 Å². The molecule has 0 fully saturated rings. The molecule has 1 aromatic carbocycles. The largest absolute Gasteiger partial charge is 0.444 e. The molecule has 152 valence electrons. The van der Waals surface area contributed by atoms with Crippen LogP contribution in [0, 0.1) is 0 Å². The van der Waals surface area contributed by atoms with E-state index in [2.05, 4.69) is 4.98 Å². The highest BCUT2D eigenvalue weighted by atomic mass is 16.6. The fourth-order valence-electron chi connectivity index (χ4n) is 2.96. The molecule has 0 aliphatic rings. The van der Waals surface area contributed by atoms with Crippen LogP contribution in [-0.4, -0.2) is 39.3 Å². The SMILES string of the molecule is CC[C@@H](Cc1ccc(N)nc1)N(C[C@H](O)c1ccccc1)C(=O)OC(C)(C)C. The van der Waals surface area contributed by atoms with Gasteiger partial charge in [-0.2, -0.15) is 0 Å². The van der Waals surface area contributed by atoms with E-state index in [1.54, 1.807) is 17.2 Å². The van der Waals surface area contributed by atoms with E-state index < -0.39 is 17.8 Å². The van der Waals surface area contributed by atoms with Gasteiger partial charge in [-0.3, -0.25) is 0 Å². The van der Waals surface area contributed by atoms with Crippen LogP contribution in [-0.2, 0) is 11.2 Å². The van der Waals surface area contributed by atoms with Crippen molar-refractivity contribution in [2.45, 2.75) is 58.3 Å². The van der Waals surface area contributed by atoms with Gasteiger partial charge in [0.2, 0.25) is 0 Å². The highest BCUT2D eigenvalue weighted by molar-refractivity contribution is 5.68. The van der Waals surface area contributed by atoms with Crippen LogP contribution in [0.1, 0.15) is 51.3 Å². The lowest BCUT2D eigenvalue weighted by Crippen LogP contribution is -2.46. The number of aromatic nitrogens is 1. The number of hydrogen-bond donors (Lipinski definition) is 2. The summed E-state index contributed by atoms with van der Waals surface area (Å²) in [4.78, 5) is 18.7. The normalized spacial score (nSPS) is 13.6. The summed E-state index contributed by atoms with van der Waals surface area (Å²) in [7, 11) is 0. The molecule has 0 bridgehead atoms. The zero-order chi connectivity index (χ0) is 20.7. The van der Waals surface area contributed by atoms with Gasteiger partial charge in [-0.15, -0.1) is 0 Å². The molecule has 28 heavy (non-hydrogen) atoms. The van der Waals surface area contributed by atoms with Crippen molar-refractivity contribution in [2.24, 2.45) is 0 Å². The lowest BCUT2D eigenvalue weighted by Gasteiger charge is -2.34. The smallest absolute Gasteiger partial charge is 0.410 e. The third-order valence-electron chi connectivity index (χ3n) is 4.41. The molecular formula is C22H31N3O3. The Balaban J connectivity index is 2.23. The minimum atomic E-state index is -0.799. The van der Waals surface area contributed by atoms with Crippen LogP contribution in [0.5, 0.6) is 0 Å². The highest BCUT2D eigenvalue weighted by Crippen LogP contribution is 2.21. The van der Waals surface area contributed by atoms with Crippen molar-refractivity contribution in [1.29, 1.82) is 0 Å². The number of pyridine rings is 1. The van der Waals surface area contributed by atoms with Crippen LogP contribution in [0.3, 0.4) is 0 Å². The van der Waals surface area contributed by atoms with E-state index in [9.17, 15) is 9.90 Å². The molecule has 6 heteroatoms. The van der Waals surface area contributed by atoms with Crippen LogP contribution in [0.15, 0.2) is 48.7 Å². The summed E-state index contributed by atoms with van der Waals surface area (Å²) in [6.07, 6.45) is 1.80. The molecule has 2 atom stereocenters. The zero-order valence-corrected chi connectivity index (χ0v) is 17.1. The first-order valence-corrected chi connectivity index (χ1v) is 9.62. The first-order chi connectivity index (χ1) is 13.2. The second-order valence-corrected chi connectivity index (χ2v) is 7.92. The number of carbonyl (C=O) groups excluding carboxylic acids is 1. The second-order valence-electron chi connectivity index (χ2n) is 7.92. The summed E-state index contributed by atoms with van der Waals surface area (Å²) in [5.41, 5.74) is 6.79. The van der Waals surface area contributed by atoms with E-state index in [-0.39, 0.29) is 12.6 Å². The molecule has 0 aliphatic carbocycles. The number of aliphatic hydroxyl groups excluding tert-OH is 1. The Morgan fingerprint density at radius 3 is 2.43 bits per heavy atom. The topological polar surface area (TPSA) is 88.7 Å². The van der Waals surface area contributed by atoms with E-state index >= 15 is 0 Å². The van der Waals surface area contributed by atoms with E-state index in [1.807, 2.05) is 64.1 Å². The van der Waals surface area contributed by atoms with Gasteiger partial charge in [0.15, 0.2) is 0 Å². The molecule has 0 unspecified atom stereocenters. The van der Waals surface area contributed by atoms with Crippen LogP contribution < -0.4 is 5.73 Å². The third-order valence-corrected chi connectivity index (χ3v) is 4.41. The van der Waals surface area contributed by atoms with Gasteiger partial charge >= 0.3 is 6.09 Å². The number of ether oxygens (including phenoxy) is 1. The van der Waals surface area contributed by atoms with Crippen LogP contribution in [0.4, 0.5) is 10.6 Å². The van der Waals surface area contributed by atoms with Gasteiger partial charge in [0, 0.05) is 12.2 Å². The number of hydrogen-bond acceptors (Lipinski definition) is 5. The Hall–Kier alpha value is -2.60. The average molecular weight is 386 g/mol. The molecule has 6 nitrogen and oxygen atoms in total. The highest BCUT2D eigenvalue weighted by Gasteiger charge is 2.29. The first-order valence-electron chi connectivity index (χ1n) is 9.62. The Morgan fingerprint density at radius 1 is 1.21 bits per heavy atom. The molecule has 0 aliphatic heterocycles. The van der Waals surface area contributed by atoms with Crippen LogP contribution in [0.25, 0.3) is 0 Å². The number of nitrogens with two attached hydrogens (primary N) is 1. The van der Waals surface area contributed by atoms with Crippen LogP contribution >= 0.6 is 0 Å². The molecule has 0 spiro atoms. The molecule has 0 radical (unpaired) electrons. The lowest BCUT2D eigenvalue weighted by atomic mass is 10.0. The maximum absolute atomic E-state index is 12.9. The van der Waals surface area contributed by atoms with Gasteiger partial charge in [-0.25, -0.2) is 9.78 Å². The standard InChI is InChI=1S/C22H31N3O3/c1-5-18(13-16-11-12-20(23)24-14-16)25(21(27)28-22(2,3)4)15-19(26)17-9-7-6-8-10-17/h6-12,14,18-19,26H,5,13,15H2,1-4H3,(H2,23,24)/t18-,19-/m0/s1. The van der Waals surface area contributed by atoms with E-state index in [4.69, 9.17) is 10.5 Å². The van der Waals surface area contributed by atoms with Crippen molar-refractivity contribution in [2.75, 3.05) is 12.3 Å². The van der Waals surface area contributed by atoms with Gasteiger partial charge in [0.1, 0.15) is 11.4 Å². The maximum atomic E-state index is 12.9. The molecular weight excluding hydrogens is 354 g/mol. The fraction of sp³-hybridized carbons (Fsp3) is 0.455. The Labute approximate surface area is 167 Å². The summed E-state index contributed by atoms with van der Waals surface area (Å²) < 4.78 is 5.62. The van der Waals surface area contributed by atoms with Gasteiger partial charge in [-0.05, 0) is 50.8 Å². The molecule has 0 saturated heterocycles. The average Bonchev–Trinajstić information content (AvgIpc) is 2.65. The van der Waals surface area contributed by atoms with Crippen molar-refractivity contribution in [3.8, 4) is 0 Å². The zero-order valence-electron chi connectivity index (χ0n) is 17.1. The number of aliphatic hydroxyl groups is 1. The van der Waals surface area contributed by atoms with Gasteiger partial charge in [0.05, 0.1) is 12.6 Å². The summed E-state index contributed by atoms with van der Waals surface area (Å²) in [6.45, 7) is 7.67. The Bertz CT molecular complexity index is 742. The molecule has 3 N–H and O–H groups in total. The Morgan fingerprint density at radius 2 is 1.89 bits per heavy atom. The summed E-state index contributed by atoms with van der Waals surface area (Å²) >= 11 is 0. The molecule has 1 amide bonds. The van der Waals surface area contributed by atoms with Crippen LogP contribution in [0.2, 0.25) is 0 Å². The number of benzene rings is 1. The number of nitrogen functional groups attached to an aromatic ring is 1. The van der Waals surface area contributed by atoms with Gasteiger partial charge in [-0.1, -0.05) is 43.3 Å². The molecule has 1 heterocycles. The van der Waals surface area contributed by atoms with Gasteiger partial charge < -0.3 is 20.5 Å². The number of nitrogens with zero attached hydrogens (tertiary/aromatic N) is 2. The van der Waals surface area contributed by atoms with E-state index in [1.165, 1.54) is 0 Å². The summed E-state index contributed by atoms with van der Waals surface area (Å²) in [5.74, 6) is 0.459. The quantitative estimate of drug-likeness (QED) is 0.753. The predicted octanol–water partition coefficient (Wildman–Crippen LogP) is 3.96. The summed E-state index contributed by atoms with van der Waals surface area (Å²) in [5, 5.41) is 10.7. The fourth-order valence-corrected chi connectivity index (χ4v) is 2.96. The Kier molecular flexibility index (Phi) is 7.40. The number of anilines is 1.